The van der Waals surface area contributed by atoms with Crippen LogP contribution in [0, 0.1) is 0 Å². The highest BCUT2D eigenvalue weighted by Crippen LogP contribution is 2.20. The average Bonchev–Trinajstić information content (AvgIpc) is 2.95. The first kappa shape index (κ1) is 14.0. The molecular formula is C15H14N4O3. The van der Waals surface area contributed by atoms with E-state index in [1.54, 1.807) is 13.1 Å². The van der Waals surface area contributed by atoms with Crippen LogP contribution in [0.1, 0.15) is 28.4 Å². The number of carbonyl (C=O) groups is 1. The van der Waals surface area contributed by atoms with Crippen LogP contribution in [0.4, 0.5) is 11.6 Å². The molecule has 0 saturated carbocycles. The normalized spacial score (nSPS) is 12.0. The molecule has 0 spiro atoms. The molecule has 1 aliphatic heterocycles. The number of aromatic amines is 1. The molecule has 0 atom stereocenters. The van der Waals surface area contributed by atoms with Crippen molar-refractivity contribution < 1.29 is 9.53 Å². The summed E-state index contributed by atoms with van der Waals surface area (Å²) >= 11 is 0. The summed E-state index contributed by atoms with van der Waals surface area (Å²) in [6.45, 7) is 2.57. The van der Waals surface area contributed by atoms with Crippen molar-refractivity contribution in [2.75, 3.05) is 11.9 Å². The first-order chi connectivity index (χ1) is 10.7. The van der Waals surface area contributed by atoms with Crippen molar-refractivity contribution in [2.24, 2.45) is 4.99 Å². The Hall–Kier alpha value is -2.96. The van der Waals surface area contributed by atoms with Gasteiger partial charge in [0.05, 0.1) is 19.3 Å². The summed E-state index contributed by atoms with van der Waals surface area (Å²) in [5.41, 5.74) is 2.31. The Balaban J connectivity index is 1.81. The maximum absolute atomic E-state index is 11.9. The molecule has 112 valence electrons. The Morgan fingerprint density at radius 2 is 2.32 bits per heavy atom. The quantitative estimate of drug-likeness (QED) is 0.836. The third kappa shape index (κ3) is 2.73. The smallest absolute Gasteiger partial charge is 0.345 e. The van der Waals surface area contributed by atoms with Crippen molar-refractivity contribution in [3.05, 3.63) is 51.4 Å². The minimum absolute atomic E-state index is 0.117. The Morgan fingerprint density at radius 1 is 1.45 bits per heavy atom. The summed E-state index contributed by atoms with van der Waals surface area (Å²) in [6, 6.07) is 5.77. The van der Waals surface area contributed by atoms with E-state index in [0.29, 0.717) is 6.54 Å². The van der Waals surface area contributed by atoms with Crippen LogP contribution in [-0.4, -0.2) is 28.8 Å². The van der Waals surface area contributed by atoms with E-state index in [1.165, 1.54) is 6.20 Å². The van der Waals surface area contributed by atoms with Crippen LogP contribution in [0.25, 0.3) is 0 Å². The highest BCUT2D eigenvalue weighted by molar-refractivity contribution is 5.89. The average molecular weight is 298 g/mol. The van der Waals surface area contributed by atoms with Gasteiger partial charge < -0.3 is 10.1 Å². The first-order valence-electron chi connectivity index (χ1n) is 6.83. The molecule has 0 bridgehead atoms. The lowest BCUT2D eigenvalue weighted by Crippen LogP contribution is -2.21. The molecule has 1 aromatic heterocycles. The molecule has 0 fully saturated rings. The van der Waals surface area contributed by atoms with E-state index < -0.39 is 11.5 Å². The number of nitrogens with zero attached hydrogens (tertiary/aromatic N) is 2. The van der Waals surface area contributed by atoms with Crippen molar-refractivity contribution in [1.82, 2.24) is 9.97 Å². The summed E-state index contributed by atoms with van der Waals surface area (Å²) in [5.74, 6) is -0.426. The van der Waals surface area contributed by atoms with Gasteiger partial charge in [-0.25, -0.2) is 9.78 Å². The molecule has 3 rings (SSSR count). The van der Waals surface area contributed by atoms with Crippen molar-refractivity contribution >= 4 is 23.8 Å². The lowest BCUT2D eigenvalue weighted by molar-refractivity contribution is 0.0524. The number of aromatic nitrogens is 2. The van der Waals surface area contributed by atoms with E-state index >= 15 is 0 Å². The number of rotatable bonds is 4. The van der Waals surface area contributed by atoms with Gasteiger partial charge in [0.1, 0.15) is 5.56 Å². The summed E-state index contributed by atoms with van der Waals surface area (Å²) in [5, 5.41) is 2.99. The van der Waals surface area contributed by atoms with Crippen LogP contribution in [0.3, 0.4) is 0 Å². The molecule has 0 amide bonds. The zero-order chi connectivity index (χ0) is 15.5. The number of H-pyrrole nitrogens is 1. The van der Waals surface area contributed by atoms with Crippen LogP contribution in [0.2, 0.25) is 0 Å². The Kier molecular flexibility index (Phi) is 3.69. The van der Waals surface area contributed by atoms with E-state index in [-0.39, 0.29) is 18.1 Å². The SMILES string of the molecule is CCOC(=O)c1cnc(Nc2ccc3c(c2)C=NC3)[nH]c1=O. The molecule has 0 radical (unpaired) electrons. The van der Waals surface area contributed by atoms with Crippen LogP contribution in [0.5, 0.6) is 0 Å². The monoisotopic (exact) mass is 298 g/mol. The fourth-order valence-corrected chi connectivity index (χ4v) is 2.13. The predicted octanol–water partition coefficient (Wildman–Crippen LogP) is 1.62. The van der Waals surface area contributed by atoms with Crippen molar-refractivity contribution in [2.45, 2.75) is 13.5 Å². The molecule has 1 aliphatic rings. The molecular weight excluding hydrogens is 284 g/mol. The molecule has 2 N–H and O–H groups in total. The minimum atomic E-state index is -0.684. The number of ether oxygens (including phenoxy) is 1. The van der Waals surface area contributed by atoms with E-state index in [9.17, 15) is 9.59 Å². The number of fused-ring (bicyclic) bond motifs is 1. The van der Waals surface area contributed by atoms with Gasteiger partial charge in [-0.1, -0.05) is 6.07 Å². The van der Waals surface area contributed by atoms with Gasteiger partial charge in [-0.3, -0.25) is 14.8 Å². The number of hydrogen-bond acceptors (Lipinski definition) is 6. The van der Waals surface area contributed by atoms with Crippen LogP contribution >= 0.6 is 0 Å². The lowest BCUT2D eigenvalue weighted by atomic mass is 10.1. The van der Waals surface area contributed by atoms with Crippen molar-refractivity contribution in [1.29, 1.82) is 0 Å². The van der Waals surface area contributed by atoms with Gasteiger partial charge in [-0.05, 0) is 30.2 Å². The van der Waals surface area contributed by atoms with Crippen LogP contribution in [-0.2, 0) is 11.3 Å². The van der Waals surface area contributed by atoms with E-state index in [2.05, 4.69) is 20.3 Å². The number of aliphatic imine (C=N–C) groups is 1. The van der Waals surface area contributed by atoms with Gasteiger partial charge in [-0.15, -0.1) is 0 Å². The molecule has 2 aromatic rings. The Labute approximate surface area is 126 Å². The fraction of sp³-hybridized carbons (Fsp3) is 0.200. The van der Waals surface area contributed by atoms with Gasteiger partial charge in [-0.2, -0.15) is 0 Å². The number of benzene rings is 1. The van der Waals surface area contributed by atoms with E-state index in [4.69, 9.17) is 4.74 Å². The number of esters is 1. The van der Waals surface area contributed by atoms with Gasteiger partial charge in [0.25, 0.3) is 5.56 Å². The number of hydrogen-bond donors (Lipinski definition) is 2. The zero-order valence-electron chi connectivity index (χ0n) is 11.9. The first-order valence-corrected chi connectivity index (χ1v) is 6.83. The standard InChI is InChI=1S/C15H14N4O3/c1-2-22-14(21)12-8-17-15(19-13(12)20)18-11-4-3-9-6-16-7-10(9)5-11/h3-5,7-8H,2,6H2,1H3,(H2,17,18,19,20). The summed E-state index contributed by atoms with van der Waals surface area (Å²) in [7, 11) is 0. The molecule has 2 heterocycles. The third-order valence-electron chi connectivity index (χ3n) is 3.20. The van der Waals surface area contributed by atoms with Crippen LogP contribution < -0.4 is 10.9 Å². The topological polar surface area (TPSA) is 96.4 Å². The van der Waals surface area contributed by atoms with Crippen molar-refractivity contribution in [3.63, 3.8) is 0 Å². The minimum Gasteiger partial charge on any atom is -0.462 e. The molecule has 0 unspecified atom stereocenters. The molecule has 22 heavy (non-hydrogen) atoms. The maximum atomic E-state index is 11.9. The Bertz CT molecular complexity index is 811. The molecule has 1 aromatic carbocycles. The second kappa shape index (κ2) is 5.80. The largest absolute Gasteiger partial charge is 0.462 e. The van der Waals surface area contributed by atoms with Gasteiger partial charge in [0.15, 0.2) is 0 Å². The fourth-order valence-electron chi connectivity index (χ4n) is 2.13. The highest BCUT2D eigenvalue weighted by Gasteiger charge is 2.13. The maximum Gasteiger partial charge on any atom is 0.345 e. The lowest BCUT2D eigenvalue weighted by Gasteiger charge is -2.07. The Morgan fingerprint density at radius 3 is 3.09 bits per heavy atom. The van der Waals surface area contributed by atoms with Gasteiger partial charge in [0.2, 0.25) is 5.95 Å². The molecule has 0 saturated heterocycles. The summed E-state index contributed by atoms with van der Waals surface area (Å²) in [6.07, 6.45) is 3.01. The summed E-state index contributed by atoms with van der Waals surface area (Å²) in [4.78, 5) is 34.2. The summed E-state index contributed by atoms with van der Waals surface area (Å²) < 4.78 is 4.78. The van der Waals surface area contributed by atoms with E-state index in [0.717, 1.165) is 16.8 Å². The molecule has 7 heteroatoms. The number of nitrogens with one attached hydrogen (secondary N) is 2. The van der Waals surface area contributed by atoms with E-state index in [1.807, 2.05) is 18.2 Å². The van der Waals surface area contributed by atoms with Crippen molar-refractivity contribution in [3.8, 4) is 0 Å². The predicted molar refractivity (Wildman–Crippen MR) is 81.8 cm³/mol. The molecule has 0 aliphatic carbocycles. The highest BCUT2D eigenvalue weighted by atomic mass is 16.5. The number of carbonyl (C=O) groups excluding carboxylic acids is 1. The number of anilines is 2. The zero-order valence-corrected chi connectivity index (χ0v) is 11.9. The third-order valence-corrected chi connectivity index (χ3v) is 3.20. The van der Waals surface area contributed by atoms with Gasteiger partial charge in [0, 0.05) is 11.9 Å². The molecule has 7 nitrogen and oxygen atoms in total. The van der Waals surface area contributed by atoms with Gasteiger partial charge >= 0.3 is 5.97 Å². The second-order valence-electron chi connectivity index (χ2n) is 4.70. The van der Waals surface area contributed by atoms with Crippen LogP contribution in [0.15, 0.2) is 34.2 Å². The second-order valence-corrected chi connectivity index (χ2v) is 4.70.